The molecule has 0 spiro atoms. The van der Waals surface area contributed by atoms with E-state index in [0.717, 1.165) is 0 Å². The molecule has 0 aliphatic carbocycles. The van der Waals surface area contributed by atoms with Gasteiger partial charge in [-0.15, -0.1) is 0 Å². The van der Waals surface area contributed by atoms with Crippen LogP contribution in [0.2, 0.25) is 0 Å². The first kappa shape index (κ1) is 17.3. The van der Waals surface area contributed by atoms with Gasteiger partial charge >= 0.3 is 0 Å². The molecule has 0 heterocycles. The van der Waals surface area contributed by atoms with Crippen LogP contribution in [0.25, 0.3) is 0 Å². The van der Waals surface area contributed by atoms with E-state index < -0.39 is 0 Å². The third-order valence-electron chi connectivity index (χ3n) is 4.21. The fraction of sp³-hybridized carbons (Fsp3) is 0.700. The van der Waals surface area contributed by atoms with E-state index in [1.807, 2.05) is 0 Å². The molecule has 114 valence electrons. The summed E-state index contributed by atoms with van der Waals surface area (Å²) < 4.78 is 0. The molecule has 0 heteroatoms. The van der Waals surface area contributed by atoms with Gasteiger partial charge in [0.05, 0.1) is 0 Å². The minimum atomic E-state index is 1.28. The van der Waals surface area contributed by atoms with E-state index in [4.69, 9.17) is 0 Å². The Kier molecular flexibility index (Phi) is 9.45. The molecule has 0 saturated heterocycles. The van der Waals surface area contributed by atoms with Crippen molar-refractivity contribution in [1.82, 2.24) is 0 Å². The molecule has 0 nitrogen and oxygen atoms in total. The van der Waals surface area contributed by atoms with E-state index in [1.54, 1.807) is 11.1 Å². The molecule has 0 unspecified atom stereocenters. The quantitative estimate of drug-likeness (QED) is 0.397. The topological polar surface area (TPSA) is 0 Å². The minimum absolute atomic E-state index is 1.28. The zero-order valence-electron chi connectivity index (χ0n) is 14.0. The number of unbranched alkanes of at least 4 members (excludes halogenated alkanes) is 7. The zero-order valence-corrected chi connectivity index (χ0v) is 14.0. The molecule has 0 bridgehead atoms. The van der Waals surface area contributed by atoms with Gasteiger partial charge in [0, 0.05) is 0 Å². The van der Waals surface area contributed by atoms with Crippen LogP contribution in [0.4, 0.5) is 0 Å². The lowest BCUT2D eigenvalue weighted by molar-refractivity contribution is 0.627. The van der Waals surface area contributed by atoms with E-state index in [0.29, 0.717) is 0 Å². The monoisotopic (exact) mass is 274 g/mol. The van der Waals surface area contributed by atoms with Crippen molar-refractivity contribution in [2.24, 2.45) is 0 Å². The molecular formula is C20H34. The Balaban J connectivity index is 2.42. The van der Waals surface area contributed by atoms with E-state index in [1.165, 1.54) is 76.2 Å². The van der Waals surface area contributed by atoms with Gasteiger partial charge in [0.15, 0.2) is 0 Å². The average Bonchev–Trinajstić information content (AvgIpc) is 2.45. The summed E-state index contributed by atoms with van der Waals surface area (Å²) in [5.41, 5.74) is 4.66. The summed E-state index contributed by atoms with van der Waals surface area (Å²) in [7, 11) is 0. The summed E-state index contributed by atoms with van der Waals surface area (Å²) in [6, 6.07) is 7.09. The highest BCUT2D eigenvalue weighted by molar-refractivity contribution is 5.31. The molecule has 0 N–H and O–H groups in total. The largest absolute Gasteiger partial charge is 0.0654 e. The maximum atomic E-state index is 2.42. The standard InChI is InChI=1S/C20H34/c1-4-6-8-10-12-13-19-16-15-18(3)17-20(19)14-11-9-7-5-2/h15-17H,4-14H2,1-3H3. The Bertz CT molecular complexity index is 351. The third-order valence-corrected chi connectivity index (χ3v) is 4.21. The van der Waals surface area contributed by atoms with Gasteiger partial charge in [-0.3, -0.25) is 0 Å². The van der Waals surface area contributed by atoms with Crippen LogP contribution in [-0.4, -0.2) is 0 Å². The molecule has 0 aliphatic rings. The molecule has 0 aromatic heterocycles. The van der Waals surface area contributed by atoms with Crippen LogP contribution in [0.3, 0.4) is 0 Å². The van der Waals surface area contributed by atoms with Gasteiger partial charge in [-0.1, -0.05) is 82.6 Å². The third kappa shape index (κ3) is 7.12. The van der Waals surface area contributed by atoms with Crippen LogP contribution < -0.4 is 0 Å². The van der Waals surface area contributed by atoms with Gasteiger partial charge < -0.3 is 0 Å². The van der Waals surface area contributed by atoms with Crippen molar-refractivity contribution in [3.05, 3.63) is 34.9 Å². The number of rotatable bonds is 11. The molecule has 0 fully saturated rings. The van der Waals surface area contributed by atoms with Crippen molar-refractivity contribution in [2.45, 2.75) is 91.4 Å². The predicted molar refractivity (Wildman–Crippen MR) is 91.5 cm³/mol. The van der Waals surface area contributed by atoms with Crippen LogP contribution in [-0.2, 0) is 12.8 Å². The molecule has 0 atom stereocenters. The smallest absolute Gasteiger partial charge is 0.0276 e. The lowest BCUT2D eigenvalue weighted by Gasteiger charge is -2.11. The van der Waals surface area contributed by atoms with Crippen molar-refractivity contribution >= 4 is 0 Å². The highest BCUT2D eigenvalue weighted by atomic mass is 14.1. The van der Waals surface area contributed by atoms with Crippen LogP contribution in [0.15, 0.2) is 18.2 Å². The molecule has 1 aromatic rings. The van der Waals surface area contributed by atoms with Crippen molar-refractivity contribution in [3.63, 3.8) is 0 Å². The molecule has 0 aliphatic heterocycles. The second-order valence-corrected chi connectivity index (χ2v) is 6.25. The Hall–Kier alpha value is -0.780. The predicted octanol–water partition coefficient (Wildman–Crippen LogP) is 6.63. The molecular weight excluding hydrogens is 240 g/mol. The lowest BCUT2D eigenvalue weighted by Crippen LogP contribution is -1.96. The fourth-order valence-electron chi connectivity index (χ4n) is 2.89. The van der Waals surface area contributed by atoms with Crippen molar-refractivity contribution in [3.8, 4) is 0 Å². The lowest BCUT2D eigenvalue weighted by atomic mass is 9.95. The number of aryl methyl sites for hydroxylation is 3. The van der Waals surface area contributed by atoms with E-state index in [2.05, 4.69) is 39.0 Å². The summed E-state index contributed by atoms with van der Waals surface area (Å²) >= 11 is 0. The highest BCUT2D eigenvalue weighted by Gasteiger charge is 2.03. The first-order chi connectivity index (χ1) is 9.77. The van der Waals surface area contributed by atoms with Crippen LogP contribution in [0.5, 0.6) is 0 Å². The normalized spacial score (nSPS) is 10.9. The van der Waals surface area contributed by atoms with Gasteiger partial charge in [-0.25, -0.2) is 0 Å². The highest BCUT2D eigenvalue weighted by Crippen LogP contribution is 2.18. The molecule has 20 heavy (non-hydrogen) atoms. The number of benzene rings is 1. The van der Waals surface area contributed by atoms with E-state index in [9.17, 15) is 0 Å². The summed E-state index contributed by atoms with van der Waals surface area (Å²) in [6.45, 7) is 6.79. The van der Waals surface area contributed by atoms with E-state index >= 15 is 0 Å². The van der Waals surface area contributed by atoms with Gasteiger partial charge in [0.1, 0.15) is 0 Å². The van der Waals surface area contributed by atoms with Gasteiger partial charge in [0.25, 0.3) is 0 Å². The molecule has 0 saturated carbocycles. The maximum Gasteiger partial charge on any atom is -0.0276 e. The fourth-order valence-corrected chi connectivity index (χ4v) is 2.89. The van der Waals surface area contributed by atoms with Crippen LogP contribution in [0, 0.1) is 6.92 Å². The maximum absolute atomic E-state index is 2.42. The Morgan fingerprint density at radius 1 is 0.650 bits per heavy atom. The molecule has 0 radical (unpaired) electrons. The van der Waals surface area contributed by atoms with E-state index in [-0.39, 0.29) is 0 Å². The summed E-state index contributed by atoms with van der Waals surface area (Å²) in [4.78, 5) is 0. The van der Waals surface area contributed by atoms with Crippen LogP contribution >= 0.6 is 0 Å². The van der Waals surface area contributed by atoms with Crippen molar-refractivity contribution in [2.75, 3.05) is 0 Å². The summed E-state index contributed by atoms with van der Waals surface area (Å²) in [5.74, 6) is 0. The van der Waals surface area contributed by atoms with Crippen molar-refractivity contribution < 1.29 is 0 Å². The Labute approximate surface area is 127 Å². The average molecular weight is 274 g/mol. The van der Waals surface area contributed by atoms with Crippen LogP contribution in [0.1, 0.15) is 88.3 Å². The first-order valence-corrected chi connectivity index (χ1v) is 8.86. The first-order valence-electron chi connectivity index (χ1n) is 8.86. The van der Waals surface area contributed by atoms with Crippen molar-refractivity contribution in [1.29, 1.82) is 0 Å². The second kappa shape index (κ2) is 10.9. The van der Waals surface area contributed by atoms with Gasteiger partial charge in [-0.05, 0) is 43.7 Å². The van der Waals surface area contributed by atoms with Gasteiger partial charge in [0.2, 0.25) is 0 Å². The SMILES string of the molecule is CCCCCCCc1ccc(C)cc1CCCCCC. The summed E-state index contributed by atoms with van der Waals surface area (Å²) in [6.07, 6.45) is 15.0. The van der Waals surface area contributed by atoms with Gasteiger partial charge in [-0.2, -0.15) is 0 Å². The minimum Gasteiger partial charge on any atom is -0.0654 e. The Morgan fingerprint density at radius 3 is 1.85 bits per heavy atom. The summed E-state index contributed by atoms with van der Waals surface area (Å²) in [5, 5.41) is 0. The molecule has 1 aromatic carbocycles. The Morgan fingerprint density at radius 2 is 1.20 bits per heavy atom. The molecule has 0 amide bonds. The number of hydrogen-bond donors (Lipinski definition) is 0. The second-order valence-electron chi connectivity index (χ2n) is 6.25. The zero-order chi connectivity index (χ0) is 14.6. The molecule has 1 rings (SSSR count). The number of hydrogen-bond acceptors (Lipinski definition) is 0.